The lowest BCUT2D eigenvalue weighted by Crippen LogP contribution is -2.46. The molecule has 0 bridgehead atoms. The molecule has 0 unspecified atom stereocenters. The van der Waals surface area contributed by atoms with Gasteiger partial charge in [-0.05, 0) is 37.1 Å². The van der Waals surface area contributed by atoms with E-state index in [1.54, 1.807) is 0 Å². The molecule has 3 heterocycles. The summed E-state index contributed by atoms with van der Waals surface area (Å²) in [6.45, 7) is 3.71. The molecule has 1 saturated heterocycles. The molecule has 0 spiro atoms. The summed E-state index contributed by atoms with van der Waals surface area (Å²) < 4.78 is 0. The van der Waals surface area contributed by atoms with Crippen molar-refractivity contribution in [2.75, 3.05) is 36.0 Å². The molecule has 0 aromatic carbocycles. The van der Waals surface area contributed by atoms with E-state index >= 15 is 0 Å². The van der Waals surface area contributed by atoms with E-state index in [9.17, 15) is 4.79 Å². The molecule has 0 atom stereocenters. The molecule has 1 aliphatic heterocycles. The Morgan fingerprint density at radius 1 is 0.926 bits per heavy atom. The van der Waals surface area contributed by atoms with E-state index in [2.05, 4.69) is 31.2 Å². The standard InChI is InChI=1S/C21H27N5O/c27-21(24-17-6-2-1-3-7-17)19-10-9-18(16-23-19)25-12-14-26(15-13-25)20-8-4-5-11-22-20/h4-5,8-11,16-17H,1-3,6-7,12-15H2,(H,24,27). The molecule has 0 radical (unpaired) electrons. The lowest BCUT2D eigenvalue weighted by atomic mass is 9.95. The SMILES string of the molecule is O=C(NC1CCCCC1)c1ccc(N2CCN(c3ccccn3)CC2)cn1. The van der Waals surface area contributed by atoms with E-state index in [0.717, 1.165) is 50.5 Å². The molecule has 1 aliphatic carbocycles. The number of anilines is 2. The number of aromatic nitrogens is 2. The second-order valence-electron chi connectivity index (χ2n) is 7.37. The summed E-state index contributed by atoms with van der Waals surface area (Å²) in [5.74, 6) is 0.985. The highest BCUT2D eigenvalue weighted by atomic mass is 16.1. The van der Waals surface area contributed by atoms with Gasteiger partial charge in [-0.25, -0.2) is 9.97 Å². The summed E-state index contributed by atoms with van der Waals surface area (Å²) in [6.07, 6.45) is 9.54. The lowest BCUT2D eigenvalue weighted by Gasteiger charge is -2.36. The van der Waals surface area contributed by atoms with Gasteiger partial charge in [-0.1, -0.05) is 25.3 Å². The van der Waals surface area contributed by atoms with Gasteiger partial charge < -0.3 is 15.1 Å². The Morgan fingerprint density at radius 2 is 1.70 bits per heavy atom. The fourth-order valence-corrected chi connectivity index (χ4v) is 3.95. The molecule has 4 rings (SSSR count). The molecule has 1 saturated carbocycles. The molecule has 142 valence electrons. The normalized spacial score (nSPS) is 18.4. The van der Waals surface area contributed by atoms with Crippen molar-refractivity contribution in [3.63, 3.8) is 0 Å². The second-order valence-corrected chi connectivity index (χ2v) is 7.37. The molecule has 2 aliphatic rings. The van der Waals surface area contributed by atoms with Gasteiger partial charge in [0.1, 0.15) is 11.5 Å². The number of carbonyl (C=O) groups excluding carboxylic acids is 1. The Hall–Kier alpha value is -2.63. The highest BCUT2D eigenvalue weighted by molar-refractivity contribution is 5.92. The summed E-state index contributed by atoms with van der Waals surface area (Å²) in [5.41, 5.74) is 1.58. The minimum absolute atomic E-state index is 0.0478. The minimum Gasteiger partial charge on any atom is -0.367 e. The smallest absolute Gasteiger partial charge is 0.270 e. The zero-order valence-electron chi connectivity index (χ0n) is 15.7. The van der Waals surface area contributed by atoms with Gasteiger partial charge in [-0.15, -0.1) is 0 Å². The van der Waals surface area contributed by atoms with Gasteiger partial charge in [0.05, 0.1) is 11.9 Å². The largest absolute Gasteiger partial charge is 0.367 e. The molecule has 6 nitrogen and oxygen atoms in total. The Kier molecular flexibility index (Phi) is 5.51. The number of pyridine rings is 2. The van der Waals surface area contributed by atoms with Crippen molar-refractivity contribution in [3.05, 3.63) is 48.4 Å². The van der Waals surface area contributed by atoms with Crippen LogP contribution in [0.25, 0.3) is 0 Å². The summed E-state index contributed by atoms with van der Waals surface area (Å²) >= 11 is 0. The molecular formula is C21H27N5O. The first kappa shape index (κ1) is 17.8. The van der Waals surface area contributed by atoms with Gasteiger partial charge >= 0.3 is 0 Å². The van der Waals surface area contributed by atoms with E-state index < -0.39 is 0 Å². The van der Waals surface area contributed by atoms with Crippen molar-refractivity contribution in [3.8, 4) is 0 Å². The zero-order valence-corrected chi connectivity index (χ0v) is 15.7. The fraction of sp³-hybridized carbons (Fsp3) is 0.476. The van der Waals surface area contributed by atoms with E-state index in [0.29, 0.717) is 11.7 Å². The van der Waals surface area contributed by atoms with Gasteiger partial charge in [0.2, 0.25) is 0 Å². The third kappa shape index (κ3) is 4.38. The number of carbonyl (C=O) groups is 1. The van der Waals surface area contributed by atoms with Crippen molar-refractivity contribution in [2.24, 2.45) is 0 Å². The van der Waals surface area contributed by atoms with E-state index in [1.807, 2.05) is 36.7 Å². The van der Waals surface area contributed by atoms with Crippen molar-refractivity contribution in [1.29, 1.82) is 0 Å². The van der Waals surface area contributed by atoms with Crippen LogP contribution in [0, 0.1) is 0 Å². The lowest BCUT2D eigenvalue weighted by molar-refractivity contribution is 0.0922. The van der Waals surface area contributed by atoms with Crippen LogP contribution in [-0.4, -0.2) is 48.1 Å². The topological polar surface area (TPSA) is 61.4 Å². The summed E-state index contributed by atoms with van der Waals surface area (Å²) in [4.78, 5) is 25.9. The van der Waals surface area contributed by atoms with Gasteiger partial charge in [0, 0.05) is 38.4 Å². The van der Waals surface area contributed by atoms with Crippen LogP contribution >= 0.6 is 0 Å². The van der Waals surface area contributed by atoms with Crippen LogP contribution in [-0.2, 0) is 0 Å². The molecule has 2 aromatic heterocycles. The van der Waals surface area contributed by atoms with Crippen LogP contribution in [0.3, 0.4) is 0 Å². The van der Waals surface area contributed by atoms with Crippen LogP contribution in [0.4, 0.5) is 11.5 Å². The Balaban J connectivity index is 1.32. The first-order valence-electron chi connectivity index (χ1n) is 9.97. The van der Waals surface area contributed by atoms with Crippen LogP contribution in [0.1, 0.15) is 42.6 Å². The second kappa shape index (κ2) is 8.37. The highest BCUT2D eigenvalue weighted by Gasteiger charge is 2.20. The van der Waals surface area contributed by atoms with Gasteiger partial charge in [0.15, 0.2) is 0 Å². The molecule has 6 heteroatoms. The number of hydrogen-bond acceptors (Lipinski definition) is 5. The molecule has 2 aromatic rings. The Morgan fingerprint density at radius 3 is 2.37 bits per heavy atom. The van der Waals surface area contributed by atoms with Gasteiger partial charge in [0.25, 0.3) is 5.91 Å². The molecule has 2 fully saturated rings. The first-order chi connectivity index (χ1) is 13.3. The number of piperazine rings is 1. The number of amides is 1. The van der Waals surface area contributed by atoms with Crippen molar-refractivity contribution < 1.29 is 4.79 Å². The molecule has 1 amide bonds. The van der Waals surface area contributed by atoms with Crippen LogP contribution < -0.4 is 15.1 Å². The average Bonchev–Trinajstić information content (AvgIpc) is 2.75. The average molecular weight is 365 g/mol. The minimum atomic E-state index is -0.0478. The van der Waals surface area contributed by atoms with Crippen molar-refractivity contribution in [1.82, 2.24) is 15.3 Å². The quantitative estimate of drug-likeness (QED) is 0.903. The van der Waals surface area contributed by atoms with Crippen molar-refractivity contribution >= 4 is 17.4 Å². The Labute approximate surface area is 160 Å². The summed E-state index contributed by atoms with van der Waals surface area (Å²) in [6, 6.07) is 10.2. The van der Waals surface area contributed by atoms with Crippen LogP contribution in [0.5, 0.6) is 0 Å². The van der Waals surface area contributed by atoms with Gasteiger partial charge in [-0.3, -0.25) is 4.79 Å². The highest BCUT2D eigenvalue weighted by Crippen LogP contribution is 2.20. The predicted molar refractivity (Wildman–Crippen MR) is 107 cm³/mol. The van der Waals surface area contributed by atoms with Crippen LogP contribution in [0.2, 0.25) is 0 Å². The maximum atomic E-state index is 12.4. The van der Waals surface area contributed by atoms with E-state index in [4.69, 9.17) is 0 Å². The van der Waals surface area contributed by atoms with Crippen LogP contribution in [0.15, 0.2) is 42.7 Å². The Bertz CT molecular complexity index is 735. The maximum absolute atomic E-state index is 12.4. The van der Waals surface area contributed by atoms with E-state index in [-0.39, 0.29) is 5.91 Å². The number of hydrogen-bond donors (Lipinski definition) is 1. The molecule has 27 heavy (non-hydrogen) atoms. The number of nitrogens with zero attached hydrogens (tertiary/aromatic N) is 4. The monoisotopic (exact) mass is 365 g/mol. The number of rotatable bonds is 4. The van der Waals surface area contributed by atoms with Crippen molar-refractivity contribution in [2.45, 2.75) is 38.1 Å². The first-order valence-corrected chi connectivity index (χ1v) is 9.97. The maximum Gasteiger partial charge on any atom is 0.270 e. The van der Waals surface area contributed by atoms with E-state index in [1.165, 1.54) is 19.3 Å². The number of nitrogens with one attached hydrogen (secondary N) is 1. The third-order valence-electron chi connectivity index (χ3n) is 5.54. The van der Waals surface area contributed by atoms with Gasteiger partial charge in [-0.2, -0.15) is 0 Å². The zero-order chi connectivity index (χ0) is 18.5. The summed E-state index contributed by atoms with van der Waals surface area (Å²) in [7, 11) is 0. The summed E-state index contributed by atoms with van der Waals surface area (Å²) in [5, 5.41) is 3.13. The molecular weight excluding hydrogens is 338 g/mol. The molecule has 1 N–H and O–H groups in total. The third-order valence-corrected chi connectivity index (χ3v) is 5.54. The fourth-order valence-electron chi connectivity index (χ4n) is 3.95. The predicted octanol–water partition coefficient (Wildman–Crippen LogP) is 2.87.